The van der Waals surface area contributed by atoms with E-state index in [1.807, 2.05) is 0 Å². The highest BCUT2D eigenvalue weighted by atomic mass is 79.9. The molecule has 2 aromatic rings. The Kier molecular flexibility index (Phi) is 4.34. The number of hydrogen-bond acceptors (Lipinski definition) is 4. The van der Waals surface area contributed by atoms with Crippen molar-refractivity contribution in [1.29, 1.82) is 0 Å². The zero-order chi connectivity index (χ0) is 13.8. The maximum atomic E-state index is 10.7. The average molecular weight is 344 g/mol. The Hall–Kier alpha value is -1.66. The molecular weight excluding hydrogens is 336 g/mol. The van der Waals surface area contributed by atoms with E-state index in [1.54, 1.807) is 18.3 Å². The zero-order valence-electron chi connectivity index (χ0n) is 9.55. The van der Waals surface area contributed by atoms with Gasteiger partial charge in [0.15, 0.2) is 0 Å². The van der Waals surface area contributed by atoms with Gasteiger partial charge < -0.3 is 4.74 Å². The lowest BCUT2D eigenvalue weighted by molar-refractivity contribution is -0.385. The van der Waals surface area contributed by atoms with E-state index in [1.165, 1.54) is 18.3 Å². The van der Waals surface area contributed by atoms with E-state index in [4.69, 9.17) is 16.3 Å². The Morgan fingerprint density at radius 3 is 2.89 bits per heavy atom. The minimum atomic E-state index is -0.473. The summed E-state index contributed by atoms with van der Waals surface area (Å²) in [7, 11) is 0. The molecule has 1 heterocycles. The number of pyridine rings is 1. The van der Waals surface area contributed by atoms with Gasteiger partial charge in [0.1, 0.15) is 12.4 Å². The molecule has 0 N–H and O–H groups in total. The second-order valence-electron chi connectivity index (χ2n) is 3.63. The second kappa shape index (κ2) is 5.99. The van der Waals surface area contributed by atoms with E-state index < -0.39 is 4.92 Å². The van der Waals surface area contributed by atoms with E-state index in [9.17, 15) is 10.1 Å². The highest BCUT2D eigenvalue weighted by Gasteiger charge is 2.11. The van der Waals surface area contributed by atoms with Crippen molar-refractivity contribution >= 4 is 33.2 Å². The van der Waals surface area contributed by atoms with Crippen molar-refractivity contribution in [2.45, 2.75) is 6.61 Å². The molecule has 0 amide bonds. The number of aromatic nitrogens is 1. The van der Waals surface area contributed by atoms with Crippen LogP contribution in [0, 0.1) is 10.1 Å². The molecule has 1 aromatic heterocycles. The summed E-state index contributed by atoms with van der Waals surface area (Å²) >= 11 is 9.23. The smallest absolute Gasteiger partial charge is 0.273 e. The first kappa shape index (κ1) is 13.8. The number of nitro benzene ring substituents is 1. The summed E-state index contributed by atoms with van der Waals surface area (Å²) in [6.45, 7) is 0.209. The summed E-state index contributed by atoms with van der Waals surface area (Å²) in [5.41, 5.74) is 0.731. The summed E-state index contributed by atoms with van der Waals surface area (Å²) in [6.07, 6.45) is 3.12. The Morgan fingerprint density at radius 2 is 2.21 bits per heavy atom. The van der Waals surface area contributed by atoms with Gasteiger partial charge in [-0.1, -0.05) is 11.6 Å². The molecule has 0 aliphatic carbocycles. The first-order chi connectivity index (χ1) is 9.08. The second-order valence-corrected chi connectivity index (χ2v) is 4.89. The van der Waals surface area contributed by atoms with Crippen LogP contribution in [0.15, 0.2) is 41.1 Å². The lowest BCUT2D eigenvalue weighted by atomic mass is 10.3. The molecule has 0 aliphatic rings. The van der Waals surface area contributed by atoms with Crippen LogP contribution in [0.2, 0.25) is 5.02 Å². The van der Waals surface area contributed by atoms with Gasteiger partial charge in [-0.15, -0.1) is 0 Å². The third-order valence-electron chi connectivity index (χ3n) is 2.37. The molecule has 0 aliphatic heterocycles. The molecule has 98 valence electrons. The van der Waals surface area contributed by atoms with Crippen molar-refractivity contribution in [2.24, 2.45) is 0 Å². The first-order valence-corrected chi connectivity index (χ1v) is 6.40. The van der Waals surface area contributed by atoms with Crippen molar-refractivity contribution in [3.05, 3.63) is 61.8 Å². The van der Waals surface area contributed by atoms with E-state index in [0.717, 1.165) is 5.56 Å². The van der Waals surface area contributed by atoms with Gasteiger partial charge in [0.25, 0.3) is 5.69 Å². The maximum absolute atomic E-state index is 10.7. The third-order valence-corrected chi connectivity index (χ3v) is 3.36. The van der Waals surface area contributed by atoms with E-state index >= 15 is 0 Å². The predicted molar refractivity (Wildman–Crippen MR) is 74.4 cm³/mol. The summed E-state index contributed by atoms with van der Waals surface area (Å²) in [4.78, 5) is 14.1. The topological polar surface area (TPSA) is 65.3 Å². The van der Waals surface area contributed by atoms with Gasteiger partial charge >= 0.3 is 0 Å². The van der Waals surface area contributed by atoms with Gasteiger partial charge in [0.2, 0.25) is 0 Å². The number of benzene rings is 1. The molecule has 0 saturated heterocycles. The molecule has 0 radical (unpaired) electrons. The monoisotopic (exact) mass is 342 g/mol. The van der Waals surface area contributed by atoms with Crippen LogP contribution < -0.4 is 4.74 Å². The number of halogens is 2. The predicted octanol–water partition coefficient (Wildman–Crippen LogP) is 3.98. The average Bonchev–Trinajstić information content (AvgIpc) is 2.39. The standard InChI is InChI=1S/C12H8BrClN2O3/c13-10-2-1-9(16(17)18)5-12(10)19-7-8-3-4-15-6-11(8)14/h1-6H,7H2. The summed E-state index contributed by atoms with van der Waals surface area (Å²) in [6, 6.07) is 6.06. The molecule has 1 aromatic carbocycles. The molecule has 19 heavy (non-hydrogen) atoms. The van der Waals surface area contributed by atoms with E-state index in [2.05, 4.69) is 20.9 Å². The van der Waals surface area contributed by atoms with Gasteiger partial charge in [-0.05, 0) is 28.1 Å². The molecule has 0 spiro atoms. The van der Waals surface area contributed by atoms with Crippen molar-refractivity contribution < 1.29 is 9.66 Å². The molecule has 0 atom stereocenters. The first-order valence-electron chi connectivity index (χ1n) is 5.23. The van der Waals surface area contributed by atoms with E-state index in [0.29, 0.717) is 15.2 Å². The Labute approximate surface area is 122 Å². The maximum Gasteiger partial charge on any atom is 0.273 e. The van der Waals surface area contributed by atoms with Crippen LogP contribution in [0.1, 0.15) is 5.56 Å². The molecule has 7 heteroatoms. The largest absolute Gasteiger partial charge is 0.487 e. The number of rotatable bonds is 4. The van der Waals surface area contributed by atoms with Crippen LogP contribution >= 0.6 is 27.5 Å². The fraction of sp³-hybridized carbons (Fsp3) is 0.0833. The summed E-state index contributed by atoms with van der Waals surface area (Å²) < 4.78 is 6.17. The fourth-order valence-corrected chi connectivity index (χ4v) is 1.93. The van der Waals surface area contributed by atoms with Crippen LogP contribution in [-0.2, 0) is 6.61 Å². The van der Waals surface area contributed by atoms with Gasteiger partial charge in [-0.2, -0.15) is 0 Å². The number of hydrogen-bond donors (Lipinski definition) is 0. The Bertz CT molecular complexity index is 622. The zero-order valence-corrected chi connectivity index (χ0v) is 11.9. The van der Waals surface area contributed by atoms with Crippen LogP contribution in [0.4, 0.5) is 5.69 Å². The number of non-ortho nitro benzene ring substituents is 1. The molecule has 5 nitrogen and oxygen atoms in total. The van der Waals surface area contributed by atoms with Crippen LogP contribution in [0.5, 0.6) is 5.75 Å². The normalized spacial score (nSPS) is 10.2. The Morgan fingerprint density at radius 1 is 1.42 bits per heavy atom. The number of nitro groups is 1. The van der Waals surface area contributed by atoms with E-state index in [-0.39, 0.29) is 12.3 Å². The highest BCUT2D eigenvalue weighted by Crippen LogP contribution is 2.30. The SMILES string of the molecule is O=[N+]([O-])c1ccc(Br)c(OCc2ccncc2Cl)c1. The van der Waals surface area contributed by atoms with Crippen molar-refractivity contribution in [2.75, 3.05) is 0 Å². The quantitative estimate of drug-likeness (QED) is 0.622. The molecule has 0 saturated carbocycles. The minimum Gasteiger partial charge on any atom is -0.487 e. The third kappa shape index (κ3) is 3.42. The van der Waals surface area contributed by atoms with Crippen molar-refractivity contribution in [3.8, 4) is 5.75 Å². The molecule has 2 rings (SSSR count). The van der Waals surface area contributed by atoms with Crippen molar-refractivity contribution in [3.63, 3.8) is 0 Å². The molecule has 0 fully saturated rings. The number of nitrogens with zero attached hydrogens (tertiary/aromatic N) is 2. The molecular formula is C12H8BrClN2O3. The molecule has 0 bridgehead atoms. The van der Waals surface area contributed by atoms with Gasteiger partial charge in [0.05, 0.1) is 20.5 Å². The number of ether oxygens (including phenoxy) is 1. The van der Waals surface area contributed by atoms with Crippen LogP contribution in [-0.4, -0.2) is 9.91 Å². The fourth-order valence-electron chi connectivity index (χ4n) is 1.39. The van der Waals surface area contributed by atoms with Crippen molar-refractivity contribution in [1.82, 2.24) is 4.98 Å². The highest BCUT2D eigenvalue weighted by molar-refractivity contribution is 9.10. The Balaban J connectivity index is 2.17. The van der Waals surface area contributed by atoms with Gasteiger partial charge in [0, 0.05) is 24.0 Å². The summed E-state index contributed by atoms with van der Waals surface area (Å²) in [5, 5.41) is 11.2. The van der Waals surface area contributed by atoms with Gasteiger partial charge in [-0.25, -0.2) is 0 Å². The lowest BCUT2D eigenvalue weighted by Crippen LogP contribution is -1.98. The minimum absolute atomic E-state index is 0.0287. The van der Waals surface area contributed by atoms with Gasteiger partial charge in [-0.3, -0.25) is 15.1 Å². The molecule has 0 unspecified atom stereocenters. The van der Waals surface area contributed by atoms with Crippen LogP contribution in [0.25, 0.3) is 0 Å². The summed E-state index contributed by atoms with van der Waals surface area (Å²) in [5.74, 6) is 0.391. The van der Waals surface area contributed by atoms with Crippen LogP contribution in [0.3, 0.4) is 0 Å². The lowest BCUT2D eigenvalue weighted by Gasteiger charge is -2.08.